The number of rotatable bonds is 8. The van der Waals surface area contributed by atoms with E-state index in [9.17, 15) is 21.6 Å². The minimum absolute atomic E-state index is 0.199. The molecule has 120 valence electrons. The van der Waals surface area contributed by atoms with Gasteiger partial charge in [0.15, 0.2) is 4.67 Å². The Labute approximate surface area is 129 Å². The summed E-state index contributed by atoms with van der Waals surface area (Å²) in [7, 11) is -7.65. The summed E-state index contributed by atoms with van der Waals surface area (Å²) in [6.07, 6.45) is 0. The lowest BCUT2D eigenvalue weighted by atomic mass is 10.5. The first-order valence-corrected chi connectivity index (χ1v) is 9.51. The maximum atomic E-state index is 11.9. The van der Waals surface area contributed by atoms with Crippen LogP contribution in [0.4, 0.5) is 0 Å². The summed E-state index contributed by atoms with van der Waals surface area (Å²) in [6.45, 7) is 1.43. The fraction of sp³-hybridized carbons (Fsp3) is 0.444. The standard InChI is InChI=1S/C9H13BrN2O7S2/c1-2-11-20(15,16)4-3-12-21(17,18)7-5-6(9(13)14)19-8(7)10/h5,11-12H,2-4H2,1H3,(H,13,14). The van der Waals surface area contributed by atoms with Gasteiger partial charge in [-0.05, 0) is 15.9 Å². The number of hydrogen-bond acceptors (Lipinski definition) is 6. The first-order chi connectivity index (χ1) is 9.59. The van der Waals surface area contributed by atoms with Crippen LogP contribution in [0.25, 0.3) is 0 Å². The maximum absolute atomic E-state index is 11.9. The molecule has 9 nitrogen and oxygen atoms in total. The van der Waals surface area contributed by atoms with Gasteiger partial charge in [0.2, 0.25) is 25.8 Å². The summed E-state index contributed by atoms with van der Waals surface area (Å²) in [5.74, 6) is -2.42. The van der Waals surface area contributed by atoms with Crippen LogP contribution in [0.1, 0.15) is 17.5 Å². The average Bonchev–Trinajstić information content (AvgIpc) is 2.71. The topological polar surface area (TPSA) is 143 Å². The SMILES string of the molecule is CCNS(=O)(=O)CCNS(=O)(=O)c1cc(C(=O)O)oc1Br. The predicted octanol–water partition coefficient (Wildman–Crippen LogP) is -0.0421. The second-order valence-corrected chi connectivity index (χ2v) is 8.15. The fourth-order valence-corrected chi connectivity index (χ4v) is 4.37. The molecule has 1 heterocycles. The number of sulfonamides is 2. The third-order valence-corrected chi connectivity index (χ3v) is 5.97. The van der Waals surface area contributed by atoms with Crippen molar-refractivity contribution < 1.29 is 31.2 Å². The van der Waals surface area contributed by atoms with Crippen LogP contribution in [-0.2, 0) is 20.0 Å². The summed E-state index contributed by atoms with van der Waals surface area (Å²) in [4.78, 5) is 10.3. The Hall–Kier alpha value is -0.950. The molecule has 0 saturated heterocycles. The van der Waals surface area contributed by atoms with Crippen LogP contribution in [0.5, 0.6) is 0 Å². The van der Waals surface area contributed by atoms with Gasteiger partial charge >= 0.3 is 5.97 Å². The Morgan fingerprint density at radius 3 is 2.43 bits per heavy atom. The van der Waals surface area contributed by atoms with Crippen LogP contribution in [-0.4, -0.2) is 46.8 Å². The van der Waals surface area contributed by atoms with Gasteiger partial charge in [0, 0.05) is 19.2 Å². The largest absolute Gasteiger partial charge is 0.475 e. The van der Waals surface area contributed by atoms with Gasteiger partial charge in [-0.15, -0.1) is 0 Å². The van der Waals surface area contributed by atoms with Gasteiger partial charge in [-0.25, -0.2) is 31.1 Å². The van der Waals surface area contributed by atoms with E-state index in [4.69, 9.17) is 9.52 Å². The quantitative estimate of drug-likeness (QED) is 0.551. The van der Waals surface area contributed by atoms with Gasteiger partial charge in [-0.1, -0.05) is 6.92 Å². The number of furan rings is 1. The Kier molecular flexibility index (Phi) is 5.92. The number of halogens is 1. The molecule has 0 unspecified atom stereocenters. The molecule has 0 amide bonds. The Morgan fingerprint density at radius 2 is 1.95 bits per heavy atom. The molecule has 0 aliphatic heterocycles. The van der Waals surface area contributed by atoms with E-state index < -0.39 is 42.4 Å². The van der Waals surface area contributed by atoms with Gasteiger partial charge in [-0.2, -0.15) is 0 Å². The molecule has 0 radical (unpaired) electrons. The number of carbonyl (C=O) groups is 1. The van der Waals surface area contributed by atoms with E-state index in [1.54, 1.807) is 6.92 Å². The second-order valence-electron chi connectivity index (χ2n) is 3.77. The lowest BCUT2D eigenvalue weighted by molar-refractivity contribution is 0.0661. The van der Waals surface area contributed by atoms with Crippen LogP contribution in [0.3, 0.4) is 0 Å². The first-order valence-electron chi connectivity index (χ1n) is 5.58. The zero-order valence-electron chi connectivity index (χ0n) is 10.8. The zero-order chi connectivity index (χ0) is 16.3. The molecule has 1 aromatic heterocycles. The van der Waals surface area contributed by atoms with Crippen molar-refractivity contribution in [2.75, 3.05) is 18.8 Å². The van der Waals surface area contributed by atoms with Crippen molar-refractivity contribution in [2.45, 2.75) is 11.8 Å². The van der Waals surface area contributed by atoms with E-state index in [1.165, 1.54) is 0 Å². The highest BCUT2D eigenvalue weighted by Gasteiger charge is 2.25. The fourth-order valence-electron chi connectivity index (χ4n) is 1.32. The van der Waals surface area contributed by atoms with Crippen LogP contribution >= 0.6 is 15.9 Å². The van der Waals surface area contributed by atoms with Crippen LogP contribution in [0.15, 0.2) is 20.0 Å². The van der Waals surface area contributed by atoms with Crippen molar-refractivity contribution in [1.82, 2.24) is 9.44 Å². The lowest BCUT2D eigenvalue weighted by Gasteiger charge is -2.06. The average molecular weight is 405 g/mol. The monoisotopic (exact) mass is 404 g/mol. The Morgan fingerprint density at radius 1 is 1.33 bits per heavy atom. The van der Waals surface area contributed by atoms with E-state index >= 15 is 0 Å². The normalized spacial score (nSPS) is 12.5. The molecule has 12 heteroatoms. The molecule has 0 aliphatic rings. The van der Waals surface area contributed by atoms with E-state index in [2.05, 4.69) is 25.4 Å². The van der Waals surface area contributed by atoms with Crippen molar-refractivity contribution in [3.63, 3.8) is 0 Å². The molecule has 0 fully saturated rings. The molecule has 0 saturated carbocycles. The molecule has 1 rings (SSSR count). The zero-order valence-corrected chi connectivity index (χ0v) is 14.0. The van der Waals surface area contributed by atoms with Crippen molar-refractivity contribution >= 4 is 41.9 Å². The number of hydrogen-bond donors (Lipinski definition) is 3. The molecule has 3 N–H and O–H groups in total. The minimum Gasteiger partial charge on any atom is -0.475 e. The van der Waals surface area contributed by atoms with Crippen molar-refractivity contribution in [3.8, 4) is 0 Å². The predicted molar refractivity (Wildman–Crippen MR) is 76.0 cm³/mol. The minimum atomic E-state index is -4.09. The molecular weight excluding hydrogens is 392 g/mol. The number of carboxylic acid groups (broad SMARTS) is 1. The van der Waals surface area contributed by atoms with Crippen molar-refractivity contribution in [1.29, 1.82) is 0 Å². The lowest BCUT2D eigenvalue weighted by Crippen LogP contribution is -2.34. The summed E-state index contributed by atoms with van der Waals surface area (Å²) in [6, 6.07) is 0.827. The van der Waals surface area contributed by atoms with Crippen LogP contribution in [0.2, 0.25) is 0 Å². The smallest absolute Gasteiger partial charge is 0.371 e. The highest BCUT2D eigenvalue weighted by atomic mass is 79.9. The molecule has 0 aliphatic carbocycles. The highest BCUT2D eigenvalue weighted by Crippen LogP contribution is 2.25. The molecular formula is C9H13BrN2O7S2. The van der Waals surface area contributed by atoms with E-state index in [0.29, 0.717) is 0 Å². The number of aromatic carboxylic acids is 1. The van der Waals surface area contributed by atoms with Gasteiger partial charge in [0.05, 0.1) is 5.75 Å². The van der Waals surface area contributed by atoms with E-state index in [0.717, 1.165) is 6.07 Å². The van der Waals surface area contributed by atoms with Crippen LogP contribution < -0.4 is 9.44 Å². The van der Waals surface area contributed by atoms with E-state index in [1.807, 2.05) is 0 Å². The molecule has 21 heavy (non-hydrogen) atoms. The van der Waals surface area contributed by atoms with Gasteiger partial charge in [0.25, 0.3) is 0 Å². The summed E-state index contributed by atoms with van der Waals surface area (Å²) in [5, 5.41) is 8.71. The third kappa shape index (κ3) is 5.07. The number of nitrogens with one attached hydrogen (secondary N) is 2. The Balaban J connectivity index is 2.81. The van der Waals surface area contributed by atoms with Crippen molar-refractivity contribution in [2.24, 2.45) is 0 Å². The summed E-state index contributed by atoms with van der Waals surface area (Å²) >= 11 is 2.80. The second kappa shape index (κ2) is 6.87. The molecule has 1 aromatic rings. The van der Waals surface area contributed by atoms with Gasteiger partial charge in [-0.3, -0.25) is 0 Å². The van der Waals surface area contributed by atoms with Gasteiger partial charge < -0.3 is 9.52 Å². The molecule has 0 atom stereocenters. The van der Waals surface area contributed by atoms with E-state index in [-0.39, 0.29) is 17.8 Å². The summed E-state index contributed by atoms with van der Waals surface area (Å²) < 4.78 is 55.3. The Bertz CT molecular complexity index is 723. The van der Waals surface area contributed by atoms with Gasteiger partial charge in [0.1, 0.15) is 4.90 Å². The van der Waals surface area contributed by atoms with Crippen molar-refractivity contribution in [3.05, 3.63) is 16.5 Å². The highest BCUT2D eigenvalue weighted by molar-refractivity contribution is 9.10. The third-order valence-electron chi connectivity index (χ3n) is 2.18. The first kappa shape index (κ1) is 18.1. The molecule has 0 bridgehead atoms. The number of carboxylic acids is 1. The summed E-state index contributed by atoms with van der Waals surface area (Å²) in [5.41, 5.74) is 0. The molecule has 0 aromatic carbocycles. The van der Waals surface area contributed by atoms with Crippen LogP contribution in [0, 0.1) is 0 Å². The molecule has 0 spiro atoms. The maximum Gasteiger partial charge on any atom is 0.371 e.